The Morgan fingerprint density at radius 2 is 1.56 bits per heavy atom. The largest absolute Gasteiger partial charge is 0.497 e. The molecule has 41 heavy (non-hydrogen) atoms. The Labute approximate surface area is 236 Å². The molecule has 0 saturated heterocycles. The van der Waals surface area contributed by atoms with Crippen molar-refractivity contribution in [2.24, 2.45) is 5.10 Å². The van der Waals surface area contributed by atoms with E-state index in [1.54, 1.807) is 87.0 Å². The molecule has 0 radical (unpaired) electrons. The first-order valence-electron chi connectivity index (χ1n) is 12.8. The van der Waals surface area contributed by atoms with Crippen molar-refractivity contribution < 1.29 is 23.7 Å². The van der Waals surface area contributed by atoms with E-state index in [1.165, 1.54) is 10.9 Å². The van der Waals surface area contributed by atoms with E-state index in [0.717, 1.165) is 0 Å². The van der Waals surface area contributed by atoms with Gasteiger partial charge in [0.15, 0.2) is 17.3 Å². The molecule has 4 aromatic carbocycles. The Balaban J connectivity index is 1.49. The second kappa shape index (κ2) is 12.2. The molecule has 0 bridgehead atoms. The number of para-hydroxylation sites is 1. The molecule has 0 fully saturated rings. The van der Waals surface area contributed by atoms with Gasteiger partial charge >= 0.3 is 5.97 Å². The molecule has 5 aromatic rings. The number of nitrogens with zero attached hydrogens (tertiary/aromatic N) is 3. The van der Waals surface area contributed by atoms with Gasteiger partial charge < -0.3 is 18.9 Å². The summed E-state index contributed by atoms with van der Waals surface area (Å²) in [7, 11) is 3.14. The van der Waals surface area contributed by atoms with E-state index >= 15 is 0 Å². The third kappa shape index (κ3) is 5.94. The number of carbonyl (C=O) groups excluding carboxylic acids is 1. The zero-order chi connectivity index (χ0) is 28.8. The highest BCUT2D eigenvalue weighted by molar-refractivity contribution is 5.92. The number of hydrogen-bond acceptors (Lipinski definition) is 8. The molecule has 0 N–H and O–H groups in total. The van der Waals surface area contributed by atoms with Gasteiger partial charge in [-0.2, -0.15) is 9.78 Å². The predicted octanol–water partition coefficient (Wildman–Crippen LogP) is 5.58. The third-order valence-electron chi connectivity index (χ3n) is 6.22. The minimum atomic E-state index is -0.534. The second-order valence-corrected chi connectivity index (χ2v) is 8.80. The Morgan fingerprint density at radius 3 is 2.24 bits per heavy atom. The number of aromatic nitrogens is 2. The summed E-state index contributed by atoms with van der Waals surface area (Å²) in [5.74, 6) is 1.78. The lowest BCUT2D eigenvalue weighted by atomic mass is 10.2. The molecule has 1 heterocycles. The maximum atomic E-state index is 13.5. The molecule has 0 aliphatic heterocycles. The van der Waals surface area contributed by atoms with Crippen LogP contribution in [-0.2, 0) is 0 Å². The van der Waals surface area contributed by atoms with Crippen molar-refractivity contribution in [2.75, 3.05) is 20.8 Å². The van der Waals surface area contributed by atoms with Crippen molar-refractivity contribution >= 4 is 23.1 Å². The van der Waals surface area contributed by atoms with Crippen LogP contribution in [0.1, 0.15) is 22.8 Å². The van der Waals surface area contributed by atoms with Gasteiger partial charge in [0.05, 0.1) is 43.5 Å². The van der Waals surface area contributed by atoms with Gasteiger partial charge in [0, 0.05) is 5.56 Å². The molecule has 0 unspecified atom stereocenters. The molecular formula is C32H27N3O6. The van der Waals surface area contributed by atoms with E-state index in [1.807, 2.05) is 25.1 Å². The summed E-state index contributed by atoms with van der Waals surface area (Å²) in [6.07, 6.45) is 1.53. The summed E-state index contributed by atoms with van der Waals surface area (Å²) < 4.78 is 23.0. The van der Waals surface area contributed by atoms with Crippen molar-refractivity contribution in [1.29, 1.82) is 0 Å². The molecule has 0 atom stereocenters. The van der Waals surface area contributed by atoms with Crippen molar-refractivity contribution in [3.63, 3.8) is 0 Å². The first-order chi connectivity index (χ1) is 20.0. The highest BCUT2D eigenvalue weighted by Gasteiger charge is 2.15. The molecule has 9 heteroatoms. The number of ether oxygens (including phenoxy) is 4. The molecule has 5 rings (SSSR count). The lowest BCUT2D eigenvalue weighted by Crippen LogP contribution is -2.20. The summed E-state index contributed by atoms with van der Waals surface area (Å²) in [5, 5.41) is 4.95. The molecule has 0 amide bonds. The van der Waals surface area contributed by atoms with Crippen LogP contribution < -0.4 is 24.5 Å². The SMILES string of the molecule is CCOc1cc(C=Nn2c(-c3ccc(OC)cc3)nc3ccccc3c2=O)ccc1OC(=O)c1ccc(OC)cc1. The van der Waals surface area contributed by atoms with Crippen LogP contribution >= 0.6 is 0 Å². The van der Waals surface area contributed by atoms with Crippen LogP contribution in [-0.4, -0.2) is 42.7 Å². The zero-order valence-corrected chi connectivity index (χ0v) is 22.7. The van der Waals surface area contributed by atoms with Gasteiger partial charge in [-0.25, -0.2) is 9.78 Å². The fourth-order valence-corrected chi connectivity index (χ4v) is 4.13. The lowest BCUT2D eigenvalue weighted by Gasteiger charge is -2.12. The quantitative estimate of drug-likeness (QED) is 0.134. The van der Waals surface area contributed by atoms with Gasteiger partial charge in [0.25, 0.3) is 5.56 Å². The number of rotatable bonds is 9. The zero-order valence-electron chi connectivity index (χ0n) is 22.7. The molecule has 1 aromatic heterocycles. The van der Waals surface area contributed by atoms with Crippen molar-refractivity contribution in [3.05, 3.63) is 112 Å². The second-order valence-electron chi connectivity index (χ2n) is 8.80. The highest BCUT2D eigenvalue weighted by Crippen LogP contribution is 2.29. The van der Waals surface area contributed by atoms with E-state index < -0.39 is 5.97 Å². The van der Waals surface area contributed by atoms with Crippen LogP contribution in [0.3, 0.4) is 0 Å². The molecule has 9 nitrogen and oxygen atoms in total. The van der Waals surface area contributed by atoms with Crippen molar-refractivity contribution in [1.82, 2.24) is 9.66 Å². The van der Waals surface area contributed by atoms with E-state index in [0.29, 0.717) is 57.3 Å². The van der Waals surface area contributed by atoms with Crippen LogP contribution in [0.4, 0.5) is 0 Å². The number of fused-ring (bicyclic) bond motifs is 1. The topological polar surface area (TPSA) is 101 Å². The highest BCUT2D eigenvalue weighted by atomic mass is 16.6. The van der Waals surface area contributed by atoms with Crippen molar-refractivity contribution in [3.8, 4) is 34.4 Å². The molecule has 206 valence electrons. The Kier molecular flexibility index (Phi) is 8.05. The number of hydrogen-bond donors (Lipinski definition) is 0. The van der Waals surface area contributed by atoms with Gasteiger partial charge in [-0.05, 0) is 91.3 Å². The van der Waals surface area contributed by atoms with Gasteiger partial charge in [0.1, 0.15) is 11.5 Å². The first kappa shape index (κ1) is 27.1. The molecule has 0 saturated carbocycles. The maximum absolute atomic E-state index is 13.5. The lowest BCUT2D eigenvalue weighted by molar-refractivity contribution is 0.0728. The fourth-order valence-electron chi connectivity index (χ4n) is 4.13. The van der Waals surface area contributed by atoms with Gasteiger partial charge in [-0.1, -0.05) is 12.1 Å². The van der Waals surface area contributed by atoms with E-state index in [4.69, 9.17) is 23.9 Å². The average Bonchev–Trinajstić information content (AvgIpc) is 3.02. The monoisotopic (exact) mass is 549 g/mol. The minimum absolute atomic E-state index is 0.258. The smallest absolute Gasteiger partial charge is 0.343 e. The molecule has 0 aliphatic rings. The summed E-state index contributed by atoms with van der Waals surface area (Å²) >= 11 is 0. The van der Waals surface area contributed by atoms with E-state index in [2.05, 4.69) is 5.10 Å². The van der Waals surface area contributed by atoms with Crippen molar-refractivity contribution in [2.45, 2.75) is 6.92 Å². The summed E-state index contributed by atoms with van der Waals surface area (Å²) in [6, 6.07) is 26.0. The molecule has 0 spiro atoms. The number of esters is 1. The minimum Gasteiger partial charge on any atom is -0.497 e. The van der Waals surface area contributed by atoms with Crippen LogP contribution in [0.15, 0.2) is 101 Å². The van der Waals surface area contributed by atoms with Crippen LogP contribution in [0.25, 0.3) is 22.3 Å². The average molecular weight is 550 g/mol. The predicted molar refractivity (Wildman–Crippen MR) is 157 cm³/mol. The number of methoxy groups -OCH3 is 2. The Bertz CT molecular complexity index is 1780. The number of carbonyl (C=O) groups is 1. The normalized spacial score (nSPS) is 11.0. The van der Waals surface area contributed by atoms with E-state index in [-0.39, 0.29) is 11.3 Å². The van der Waals surface area contributed by atoms with Crippen LogP contribution in [0, 0.1) is 0 Å². The Morgan fingerprint density at radius 1 is 0.878 bits per heavy atom. The van der Waals surface area contributed by atoms with Gasteiger partial charge in [-0.15, -0.1) is 0 Å². The van der Waals surface area contributed by atoms with E-state index in [9.17, 15) is 9.59 Å². The third-order valence-corrected chi connectivity index (χ3v) is 6.22. The van der Waals surface area contributed by atoms with Gasteiger partial charge in [0.2, 0.25) is 0 Å². The molecular weight excluding hydrogens is 522 g/mol. The Hall–Kier alpha value is -5.44. The maximum Gasteiger partial charge on any atom is 0.343 e. The number of benzene rings is 4. The standard InChI is InChI=1S/C32H27N3O6/c1-4-40-29-19-21(9-18-28(29)41-32(37)23-12-16-25(39-3)17-13-23)20-33-35-30(22-10-14-24(38-2)15-11-22)34-27-8-6-5-7-26(27)31(35)36/h5-20H,4H2,1-3H3. The fraction of sp³-hybridized carbons (Fsp3) is 0.125. The molecule has 0 aliphatic carbocycles. The summed E-state index contributed by atoms with van der Waals surface area (Å²) in [4.78, 5) is 30.9. The van der Waals surface area contributed by atoms with Gasteiger partial charge in [-0.3, -0.25) is 4.79 Å². The first-order valence-corrected chi connectivity index (χ1v) is 12.8. The summed E-state index contributed by atoms with van der Waals surface area (Å²) in [6.45, 7) is 2.18. The summed E-state index contributed by atoms with van der Waals surface area (Å²) in [5.41, 5.74) is 1.94. The van der Waals surface area contributed by atoms with Crippen LogP contribution in [0.5, 0.6) is 23.0 Å². The van der Waals surface area contributed by atoms with Crippen LogP contribution in [0.2, 0.25) is 0 Å².